The molecule has 0 aliphatic carbocycles. The fraction of sp³-hybridized carbons (Fsp3) is 0.143. The molecule has 3 rings (SSSR count). The highest BCUT2D eigenvalue weighted by Crippen LogP contribution is 2.44. The molecular formula is C21H18F2. The zero-order chi connectivity index (χ0) is 16.1. The largest absolute Gasteiger partial charge is 0.241 e. The van der Waals surface area contributed by atoms with E-state index in [0.717, 1.165) is 0 Å². The van der Waals surface area contributed by atoms with Crippen LogP contribution in [0, 0.1) is 0 Å². The van der Waals surface area contributed by atoms with Crippen LogP contribution in [0.1, 0.15) is 35.0 Å². The second-order valence-corrected chi connectivity index (χ2v) is 5.56. The predicted octanol–water partition coefficient (Wildman–Crippen LogP) is 6.19. The number of hydrogen-bond acceptors (Lipinski definition) is 0. The normalized spacial score (nSPS) is 14.9. The zero-order valence-corrected chi connectivity index (χ0v) is 12.6. The van der Waals surface area contributed by atoms with Gasteiger partial charge in [-0.3, -0.25) is 0 Å². The molecule has 2 unspecified atom stereocenters. The van der Waals surface area contributed by atoms with E-state index in [-0.39, 0.29) is 0 Å². The molecule has 0 N–H and O–H groups in total. The summed E-state index contributed by atoms with van der Waals surface area (Å²) in [4.78, 5) is 0. The predicted molar refractivity (Wildman–Crippen MR) is 89.8 cm³/mol. The Morgan fingerprint density at radius 2 is 0.739 bits per heavy atom. The Labute approximate surface area is 135 Å². The van der Waals surface area contributed by atoms with Gasteiger partial charge in [-0.25, -0.2) is 8.78 Å². The lowest BCUT2D eigenvalue weighted by atomic mass is 9.84. The van der Waals surface area contributed by atoms with Crippen LogP contribution in [0.3, 0.4) is 0 Å². The second-order valence-electron chi connectivity index (χ2n) is 5.56. The molecule has 0 heterocycles. The standard InChI is InChI=1S/C21H18F2/c22-20(17-12-6-2-7-13-17)19(16-10-4-1-5-11-16)21(23)18-14-8-3-9-15-18/h1-15,19-21H. The SMILES string of the molecule is FC(c1ccccc1)C(c1ccccc1)C(F)c1ccccc1. The van der Waals surface area contributed by atoms with Gasteiger partial charge in [0.2, 0.25) is 0 Å². The number of hydrogen-bond donors (Lipinski definition) is 0. The van der Waals surface area contributed by atoms with Crippen LogP contribution in [-0.2, 0) is 0 Å². The zero-order valence-electron chi connectivity index (χ0n) is 12.6. The van der Waals surface area contributed by atoms with Gasteiger partial charge in [-0.1, -0.05) is 91.0 Å². The number of alkyl halides is 2. The van der Waals surface area contributed by atoms with E-state index in [9.17, 15) is 0 Å². The van der Waals surface area contributed by atoms with Gasteiger partial charge in [0.05, 0.1) is 5.92 Å². The van der Waals surface area contributed by atoms with Crippen LogP contribution in [0.2, 0.25) is 0 Å². The van der Waals surface area contributed by atoms with Crippen LogP contribution in [0.25, 0.3) is 0 Å². The molecule has 2 heteroatoms. The van der Waals surface area contributed by atoms with E-state index in [1.165, 1.54) is 0 Å². The summed E-state index contributed by atoms with van der Waals surface area (Å²) in [7, 11) is 0. The molecular weight excluding hydrogens is 290 g/mol. The second kappa shape index (κ2) is 7.19. The molecule has 23 heavy (non-hydrogen) atoms. The summed E-state index contributed by atoms with van der Waals surface area (Å²) in [5.74, 6) is -0.874. The first-order valence-corrected chi connectivity index (χ1v) is 7.70. The fourth-order valence-corrected chi connectivity index (χ4v) is 2.85. The van der Waals surface area contributed by atoms with Crippen molar-refractivity contribution in [2.45, 2.75) is 18.3 Å². The van der Waals surface area contributed by atoms with E-state index in [2.05, 4.69) is 0 Å². The molecule has 0 bridgehead atoms. The summed E-state index contributed by atoms with van der Waals surface area (Å²) in [6.07, 6.45) is -2.82. The molecule has 3 aromatic carbocycles. The highest BCUT2D eigenvalue weighted by atomic mass is 19.1. The monoisotopic (exact) mass is 308 g/mol. The average Bonchev–Trinajstić information content (AvgIpc) is 2.64. The lowest BCUT2D eigenvalue weighted by Crippen LogP contribution is -2.14. The molecule has 0 aliphatic heterocycles. The van der Waals surface area contributed by atoms with Gasteiger partial charge in [0, 0.05) is 0 Å². The smallest absolute Gasteiger partial charge is 0.135 e. The van der Waals surface area contributed by atoms with Crippen molar-refractivity contribution in [3.8, 4) is 0 Å². The lowest BCUT2D eigenvalue weighted by molar-refractivity contribution is 0.182. The molecule has 2 atom stereocenters. The van der Waals surface area contributed by atoms with Crippen LogP contribution in [-0.4, -0.2) is 0 Å². The van der Waals surface area contributed by atoms with E-state index in [4.69, 9.17) is 0 Å². The van der Waals surface area contributed by atoms with E-state index >= 15 is 8.78 Å². The molecule has 0 amide bonds. The Hall–Kier alpha value is -2.48. The maximum Gasteiger partial charge on any atom is 0.135 e. The third-order valence-corrected chi connectivity index (χ3v) is 4.05. The Morgan fingerprint density at radius 3 is 1.09 bits per heavy atom. The minimum absolute atomic E-state index is 0.500. The van der Waals surface area contributed by atoms with Crippen LogP contribution >= 0.6 is 0 Å². The van der Waals surface area contributed by atoms with E-state index < -0.39 is 18.3 Å². The first-order chi connectivity index (χ1) is 11.3. The first-order valence-electron chi connectivity index (χ1n) is 7.70. The number of rotatable bonds is 5. The quantitative estimate of drug-likeness (QED) is 0.527. The van der Waals surface area contributed by atoms with E-state index in [1.807, 2.05) is 30.3 Å². The van der Waals surface area contributed by atoms with Gasteiger partial charge in [-0.05, 0) is 16.7 Å². The summed E-state index contributed by atoms with van der Waals surface area (Å²) in [5, 5.41) is 0. The summed E-state index contributed by atoms with van der Waals surface area (Å²) < 4.78 is 30.4. The van der Waals surface area contributed by atoms with Crippen LogP contribution in [0.15, 0.2) is 91.0 Å². The first kappa shape index (κ1) is 15.4. The van der Waals surface area contributed by atoms with E-state index in [0.29, 0.717) is 16.7 Å². The van der Waals surface area contributed by atoms with Crippen LogP contribution < -0.4 is 0 Å². The van der Waals surface area contributed by atoms with Gasteiger partial charge in [0.15, 0.2) is 0 Å². The van der Waals surface area contributed by atoms with Crippen molar-refractivity contribution in [3.05, 3.63) is 108 Å². The fourth-order valence-electron chi connectivity index (χ4n) is 2.85. The Kier molecular flexibility index (Phi) is 4.82. The summed E-state index contributed by atoms with van der Waals surface area (Å²) in [6.45, 7) is 0. The molecule has 0 aliphatic rings. The Morgan fingerprint density at radius 1 is 0.435 bits per heavy atom. The maximum absolute atomic E-state index is 15.2. The topological polar surface area (TPSA) is 0 Å². The molecule has 0 radical (unpaired) electrons. The molecule has 0 saturated carbocycles. The molecule has 3 aromatic rings. The van der Waals surface area contributed by atoms with Crippen molar-refractivity contribution in [1.29, 1.82) is 0 Å². The Bertz CT molecular complexity index is 665. The van der Waals surface area contributed by atoms with Crippen LogP contribution in [0.4, 0.5) is 8.78 Å². The van der Waals surface area contributed by atoms with Crippen molar-refractivity contribution >= 4 is 0 Å². The Balaban J connectivity index is 2.01. The van der Waals surface area contributed by atoms with Crippen LogP contribution in [0.5, 0.6) is 0 Å². The van der Waals surface area contributed by atoms with Gasteiger partial charge in [-0.15, -0.1) is 0 Å². The van der Waals surface area contributed by atoms with E-state index in [1.54, 1.807) is 60.7 Å². The van der Waals surface area contributed by atoms with Crippen molar-refractivity contribution in [2.75, 3.05) is 0 Å². The van der Waals surface area contributed by atoms with Gasteiger partial charge in [0.1, 0.15) is 12.3 Å². The number of benzene rings is 3. The van der Waals surface area contributed by atoms with Gasteiger partial charge in [0.25, 0.3) is 0 Å². The summed E-state index contributed by atoms with van der Waals surface area (Å²) >= 11 is 0. The highest BCUT2D eigenvalue weighted by Gasteiger charge is 2.33. The minimum Gasteiger partial charge on any atom is -0.241 e. The maximum atomic E-state index is 15.2. The van der Waals surface area contributed by atoms with Crippen molar-refractivity contribution < 1.29 is 8.78 Å². The van der Waals surface area contributed by atoms with Crippen molar-refractivity contribution in [1.82, 2.24) is 0 Å². The molecule has 0 nitrogen and oxygen atoms in total. The minimum atomic E-state index is -1.41. The molecule has 0 aromatic heterocycles. The third-order valence-electron chi connectivity index (χ3n) is 4.05. The van der Waals surface area contributed by atoms with Gasteiger partial charge >= 0.3 is 0 Å². The number of halogens is 2. The highest BCUT2D eigenvalue weighted by molar-refractivity contribution is 5.31. The summed E-state index contributed by atoms with van der Waals surface area (Å²) in [6, 6.07) is 26.7. The molecule has 0 saturated heterocycles. The van der Waals surface area contributed by atoms with Crippen molar-refractivity contribution in [3.63, 3.8) is 0 Å². The third kappa shape index (κ3) is 3.48. The van der Waals surface area contributed by atoms with Crippen molar-refractivity contribution in [2.24, 2.45) is 0 Å². The summed E-state index contributed by atoms with van der Waals surface area (Å²) in [5.41, 5.74) is 1.67. The average molecular weight is 308 g/mol. The molecule has 0 spiro atoms. The van der Waals surface area contributed by atoms with Gasteiger partial charge in [-0.2, -0.15) is 0 Å². The van der Waals surface area contributed by atoms with Gasteiger partial charge < -0.3 is 0 Å². The molecule has 0 fully saturated rings. The lowest BCUT2D eigenvalue weighted by Gasteiger charge is -2.26. The molecule has 116 valence electrons.